The Morgan fingerprint density at radius 2 is 1.95 bits per heavy atom. The second-order valence-electron chi connectivity index (χ2n) is 7.28. The molecule has 0 spiro atoms. The maximum absolute atomic E-state index is 12.8. The van der Waals surface area contributed by atoms with Crippen molar-refractivity contribution in [1.29, 1.82) is 0 Å². The van der Waals surface area contributed by atoms with Crippen molar-refractivity contribution in [3.8, 4) is 0 Å². The number of nitrogens with one attached hydrogen (secondary N) is 1. The van der Waals surface area contributed by atoms with Gasteiger partial charge in [0, 0.05) is 17.5 Å². The molecule has 2 aromatic rings. The molecule has 38 heavy (non-hydrogen) atoms. The van der Waals surface area contributed by atoms with Crippen LogP contribution in [0.25, 0.3) is 0 Å². The third kappa shape index (κ3) is 6.35. The van der Waals surface area contributed by atoms with Crippen LogP contribution in [0.2, 0.25) is 0 Å². The molecule has 6 N–H and O–H groups in total. The van der Waals surface area contributed by atoms with Crippen LogP contribution >= 0.6 is 11.3 Å². The number of anilines is 1. The molecule has 0 bridgehead atoms. The van der Waals surface area contributed by atoms with E-state index < -0.39 is 63.3 Å². The number of aromatic nitrogens is 1. The standard InChI is InChI=1S/C18H17N7O11S2/c19-15(27)14-13(17(29)24(14)38(32,33)34)22-16(28)12(10-7-37-18(20)21-10)23-36-6-11(26)35-5-8-1-3-9(4-2-8)25(30)31/h1-4,7,13-14H,5-6H2,(H2,19,27)(H2,20,21)(H,22,28)(H,32,33,34)/b23-12-/t13-,14-/m0/s1. The summed E-state index contributed by atoms with van der Waals surface area (Å²) in [6, 6.07) is 1.51. The second kappa shape index (κ2) is 11.1. The number of nitrogens with two attached hydrogens (primary N) is 2. The molecule has 202 valence electrons. The number of ether oxygens (including phenoxy) is 1. The Morgan fingerprint density at radius 1 is 1.29 bits per heavy atom. The molecular formula is C18H17N7O11S2. The van der Waals surface area contributed by atoms with Crippen molar-refractivity contribution >= 4 is 61.9 Å². The third-order valence-corrected chi connectivity index (χ3v) is 6.32. The van der Waals surface area contributed by atoms with E-state index in [1.54, 1.807) is 0 Å². The number of primary amides is 1. The SMILES string of the molecule is NC(=O)[C@@H]1[C@H](NC(=O)/C(=N\OCC(=O)OCc2ccc([N+](=O)[O-])cc2)c2csc(N)n2)C(=O)N1S(=O)(=O)O. The predicted molar refractivity (Wildman–Crippen MR) is 125 cm³/mol. The van der Waals surface area contributed by atoms with Gasteiger partial charge in [-0.25, -0.2) is 9.78 Å². The number of hydrogen-bond donors (Lipinski definition) is 4. The normalized spacial score (nSPS) is 17.3. The van der Waals surface area contributed by atoms with Gasteiger partial charge in [-0.05, 0) is 17.7 Å². The minimum absolute atomic E-state index is 0.00953. The van der Waals surface area contributed by atoms with Crippen LogP contribution < -0.4 is 16.8 Å². The van der Waals surface area contributed by atoms with E-state index in [0.29, 0.717) is 5.56 Å². The lowest BCUT2D eigenvalue weighted by Gasteiger charge is -2.41. The Labute approximate surface area is 216 Å². The molecule has 18 nitrogen and oxygen atoms in total. The summed E-state index contributed by atoms with van der Waals surface area (Å²) in [5.74, 6) is -4.81. The van der Waals surface area contributed by atoms with Gasteiger partial charge in [0.05, 0.1) is 4.92 Å². The lowest BCUT2D eigenvalue weighted by molar-refractivity contribution is -0.384. The highest BCUT2D eigenvalue weighted by atomic mass is 32.2. The smallest absolute Gasteiger partial charge is 0.363 e. The summed E-state index contributed by atoms with van der Waals surface area (Å²) in [4.78, 5) is 67.3. The molecule has 1 saturated heterocycles. The van der Waals surface area contributed by atoms with Crippen LogP contribution in [-0.4, -0.2) is 75.3 Å². The molecule has 0 radical (unpaired) electrons. The fourth-order valence-corrected chi connectivity index (χ4v) is 4.42. The number of thiazole rings is 1. The van der Waals surface area contributed by atoms with Gasteiger partial charge in [0.1, 0.15) is 18.3 Å². The summed E-state index contributed by atoms with van der Waals surface area (Å²) in [6.45, 7) is -1.05. The first-order valence-electron chi connectivity index (χ1n) is 10.0. The third-order valence-electron chi connectivity index (χ3n) is 4.74. The van der Waals surface area contributed by atoms with Crippen LogP contribution in [0.3, 0.4) is 0 Å². The van der Waals surface area contributed by atoms with E-state index in [2.05, 4.69) is 10.1 Å². The average Bonchev–Trinajstić information content (AvgIpc) is 3.26. The Morgan fingerprint density at radius 3 is 2.47 bits per heavy atom. The first-order chi connectivity index (χ1) is 17.8. The van der Waals surface area contributed by atoms with E-state index in [9.17, 15) is 37.7 Å². The Balaban J connectivity index is 1.66. The summed E-state index contributed by atoms with van der Waals surface area (Å²) in [7, 11) is -5.13. The van der Waals surface area contributed by atoms with Crippen LogP contribution in [0.15, 0.2) is 34.8 Å². The van der Waals surface area contributed by atoms with Crippen molar-refractivity contribution < 1.29 is 46.6 Å². The topological polar surface area (TPSA) is 277 Å². The Hall–Kier alpha value is -4.69. The van der Waals surface area contributed by atoms with E-state index in [1.807, 2.05) is 5.32 Å². The fourth-order valence-electron chi connectivity index (χ4n) is 3.02. The number of carbonyl (C=O) groups is 4. The molecule has 3 amide bonds. The molecule has 1 aliphatic rings. The zero-order valence-electron chi connectivity index (χ0n) is 18.7. The second-order valence-corrected chi connectivity index (χ2v) is 9.46. The van der Waals surface area contributed by atoms with E-state index in [0.717, 1.165) is 11.3 Å². The van der Waals surface area contributed by atoms with E-state index in [1.165, 1.54) is 29.6 Å². The van der Waals surface area contributed by atoms with Crippen LogP contribution in [0, 0.1) is 10.1 Å². The molecule has 0 unspecified atom stereocenters. The highest BCUT2D eigenvalue weighted by molar-refractivity contribution is 7.84. The zero-order valence-corrected chi connectivity index (χ0v) is 20.4. The van der Waals surface area contributed by atoms with Crippen molar-refractivity contribution in [3.63, 3.8) is 0 Å². The molecule has 1 aromatic heterocycles. The van der Waals surface area contributed by atoms with Gasteiger partial charge in [-0.15, -0.1) is 11.3 Å². The van der Waals surface area contributed by atoms with Gasteiger partial charge in [-0.3, -0.25) is 29.1 Å². The summed E-state index contributed by atoms with van der Waals surface area (Å²) in [5.41, 5.74) is 10.2. The summed E-state index contributed by atoms with van der Waals surface area (Å²) in [6.07, 6.45) is 0. The number of oxime groups is 1. The number of hydrogen-bond acceptors (Lipinski definition) is 14. The van der Waals surface area contributed by atoms with Crippen LogP contribution in [0.5, 0.6) is 0 Å². The lowest BCUT2D eigenvalue weighted by atomic mass is 9.98. The first kappa shape index (κ1) is 27.9. The molecule has 1 aliphatic heterocycles. The monoisotopic (exact) mass is 571 g/mol. The van der Waals surface area contributed by atoms with Crippen LogP contribution in [0.4, 0.5) is 10.8 Å². The van der Waals surface area contributed by atoms with Crippen molar-refractivity contribution in [2.45, 2.75) is 18.7 Å². The molecule has 2 atom stereocenters. The average molecular weight is 572 g/mol. The predicted octanol–water partition coefficient (Wildman–Crippen LogP) is -1.92. The first-order valence-corrected chi connectivity index (χ1v) is 12.3. The molecule has 0 saturated carbocycles. The quantitative estimate of drug-likeness (QED) is 0.0572. The van der Waals surface area contributed by atoms with E-state index in [-0.39, 0.29) is 27.4 Å². The van der Waals surface area contributed by atoms with Crippen molar-refractivity contribution in [2.24, 2.45) is 10.9 Å². The zero-order chi connectivity index (χ0) is 28.2. The molecule has 0 aliphatic carbocycles. The summed E-state index contributed by atoms with van der Waals surface area (Å²) < 4.78 is 36.5. The lowest BCUT2D eigenvalue weighted by Crippen LogP contribution is -2.75. The van der Waals surface area contributed by atoms with Crippen molar-refractivity contribution in [2.75, 3.05) is 12.3 Å². The van der Waals surface area contributed by atoms with Gasteiger partial charge in [0.15, 0.2) is 16.9 Å². The van der Waals surface area contributed by atoms with Gasteiger partial charge in [-0.2, -0.15) is 12.7 Å². The molecule has 1 aromatic carbocycles. The van der Waals surface area contributed by atoms with E-state index >= 15 is 0 Å². The van der Waals surface area contributed by atoms with Gasteiger partial charge in [0.25, 0.3) is 17.5 Å². The Kier molecular flexibility index (Phi) is 8.18. The summed E-state index contributed by atoms with van der Waals surface area (Å²) in [5, 5.41) is 17.5. The summed E-state index contributed by atoms with van der Waals surface area (Å²) >= 11 is 0.902. The molecule has 20 heteroatoms. The number of amides is 3. The molecule has 1 fully saturated rings. The molecule has 2 heterocycles. The molecule has 3 rings (SSSR count). The van der Waals surface area contributed by atoms with Crippen LogP contribution in [0.1, 0.15) is 11.3 Å². The highest BCUT2D eigenvalue weighted by Crippen LogP contribution is 2.24. The number of carbonyl (C=O) groups excluding carboxylic acids is 4. The van der Waals surface area contributed by atoms with E-state index in [4.69, 9.17) is 25.6 Å². The number of nitro benzene ring substituents is 1. The number of non-ortho nitro benzene ring substituents is 1. The fraction of sp³-hybridized carbons (Fsp3) is 0.222. The Bertz CT molecular complexity index is 1420. The van der Waals surface area contributed by atoms with Gasteiger partial charge in [0.2, 0.25) is 12.5 Å². The highest BCUT2D eigenvalue weighted by Gasteiger charge is 2.57. The molecular weight excluding hydrogens is 554 g/mol. The maximum Gasteiger partial charge on any atom is 0.363 e. The minimum Gasteiger partial charge on any atom is -0.458 e. The number of esters is 1. The maximum atomic E-state index is 12.8. The van der Waals surface area contributed by atoms with Gasteiger partial charge < -0.3 is 26.4 Å². The number of rotatable bonds is 11. The van der Waals surface area contributed by atoms with Gasteiger partial charge >= 0.3 is 16.3 Å². The van der Waals surface area contributed by atoms with Crippen molar-refractivity contribution in [1.82, 2.24) is 14.6 Å². The number of β-lactam (4-membered cyclic amide) rings is 1. The number of benzene rings is 1. The van der Waals surface area contributed by atoms with Crippen molar-refractivity contribution in [3.05, 3.63) is 51.0 Å². The van der Waals surface area contributed by atoms with Gasteiger partial charge in [-0.1, -0.05) is 5.16 Å². The van der Waals surface area contributed by atoms with Crippen LogP contribution in [-0.2, 0) is 45.7 Å². The number of nitro groups is 1. The number of nitrogen functional groups attached to an aromatic ring is 1. The largest absolute Gasteiger partial charge is 0.458 e. The minimum atomic E-state index is -5.13. The number of nitrogens with zero attached hydrogens (tertiary/aromatic N) is 4.